The van der Waals surface area contributed by atoms with Crippen molar-refractivity contribution in [2.45, 2.75) is 38.8 Å². The summed E-state index contributed by atoms with van der Waals surface area (Å²) in [7, 11) is 0. The van der Waals surface area contributed by atoms with Crippen molar-refractivity contribution in [3.05, 3.63) is 51.6 Å². The van der Waals surface area contributed by atoms with E-state index in [0.717, 1.165) is 16.8 Å². The summed E-state index contributed by atoms with van der Waals surface area (Å²) in [6, 6.07) is 3.88. The van der Waals surface area contributed by atoms with Crippen LogP contribution in [0.25, 0.3) is 0 Å². The third-order valence-corrected chi connectivity index (χ3v) is 5.20. The lowest BCUT2D eigenvalue weighted by Gasteiger charge is -2.29. The maximum atomic E-state index is 13.6. The van der Waals surface area contributed by atoms with Crippen LogP contribution in [0, 0.1) is 5.82 Å². The summed E-state index contributed by atoms with van der Waals surface area (Å²) in [5.74, 6) is -0.278. The van der Waals surface area contributed by atoms with E-state index in [2.05, 4.69) is 15.3 Å². The van der Waals surface area contributed by atoms with Crippen LogP contribution in [-0.4, -0.2) is 45.2 Å². The first-order valence-electron chi connectivity index (χ1n) is 9.06. The molecule has 1 aromatic carbocycles. The highest BCUT2D eigenvalue weighted by atomic mass is 35.5. The Labute approximate surface area is 167 Å². The number of nitrogens with two attached hydrogens (primary N) is 1. The molecule has 9 heteroatoms. The molecule has 0 aliphatic carbocycles. The van der Waals surface area contributed by atoms with Crippen LogP contribution in [0.5, 0.6) is 0 Å². The maximum absolute atomic E-state index is 13.6. The first-order chi connectivity index (χ1) is 13.3. The molecule has 1 aliphatic rings. The summed E-state index contributed by atoms with van der Waals surface area (Å²) in [6.07, 6.45) is 0.572. The Bertz CT molecular complexity index is 895. The van der Waals surface area contributed by atoms with Gasteiger partial charge in [-0.15, -0.1) is 0 Å². The first kappa shape index (κ1) is 20.3. The summed E-state index contributed by atoms with van der Waals surface area (Å²) in [4.78, 5) is 22.3. The number of aliphatic hydroxyl groups excluding tert-OH is 1. The van der Waals surface area contributed by atoms with Crippen LogP contribution in [-0.2, 0) is 13.0 Å². The molecule has 0 spiro atoms. The number of urea groups is 1. The molecule has 2 atom stereocenters. The van der Waals surface area contributed by atoms with Crippen LogP contribution in [0.3, 0.4) is 0 Å². The van der Waals surface area contributed by atoms with Gasteiger partial charge in [0, 0.05) is 18.5 Å². The van der Waals surface area contributed by atoms with E-state index < -0.39 is 11.8 Å². The molecule has 0 fully saturated rings. The van der Waals surface area contributed by atoms with Gasteiger partial charge < -0.3 is 21.1 Å². The van der Waals surface area contributed by atoms with Gasteiger partial charge in [0.1, 0.15) is 5.82 Å². The summed E-state index contributed by atoms with van der Waals surface area (Å²) >= 11 is 5.96. The van der Waals surface area contributed by atoms with E-state index in [1.165, 1.54) is 11.0 Å². The highest BCUT2D eigenvalue weighted by molar-refractivity contribution is 6.30. The molecule has 2 amide bonds. The van der Waals surface area contributed by atoms with E-state index in [0.29, 0.717) is 31.2 Å². The van der Waals surface area contributed by atoms with Gasteiger partial charge >= 0.3 is 6.03 Å². The molecular formula is C19H23ClFN5O2. The number of carbonyl (C=O) groups excluding carboxylic acids is 1. The predicted octanol–water partition coefficient (Wildman–Crippen LogP) is 2.65. The van der Waals surface area contributed by atoms with Crippen molar-refractivity contribution in [2.24, 2.45) is 5.73 Å². The van der Waals surface area contributed by atoms with Crippen LogP contribution in [0.15, 0.2) is 18.2 Å². The van der Waals surface area contributed by atoms with Gasteiger partial charge in [-0.1, -0.05) is 24.6 Å². The summed E-state index contributed by atoms with van der Waals surface area (Å²) in [5, 5.41) is 12.4. The lowest BCUT2D eigenvalue weighted by Crippen LogP contribution is -2.40. The third kappa shape index (κ3) is 4.18. The van der Waals surface area contributed by atoms with Crippen molar-refractivity contribution in [1.29, 1.82) is 0 Å². The predicted molar refractivity (Wildman–Crippen MR) is 105 cm³/mol. The largest absolute Gasteiger partial charge is 0.394 e. The lowest BCUT2D eigenvalue weighted by molar-refractivity contribution is 0.201. The van der Waals surface area contributed by atoms with Gasteiger partial charge in [0.2, 0.25) is 5.95 Å². The van der Waals surface area contributed by atoms with Gasteiger partial charge in [0.05, 0.1) is 29.6 Å². The number of halogens is 2. The van der Waals surface area contributed by atoms with Crippen molar-refractivity contribution < 1.29 is 14.3 Å². The molecule has 4 N–H and O–H groups in total. The van der Waals surface area contributed by atoms with Crippen molar-refractivity contribution in [1.82, 2.24) is 14.9 Å². The zero-order valence-electron chi connectivity index (χ0n) is 15.7. The fourth-order valence-corrected chi connectivity index (χ4v) is 3.46. The second-order valence-corrected chi connectivity index (χ2v) is 7.40. The zero-order valence-corrected chi connectivity index (χ0v) is 16.5. The van der Waals surface area contributed by atoms with Crippen molar-refractivity contribution in [3.63, 3.8) is 0 Å². The normalized spacial score (nSPS) is 15.7. The number of nitrogens with zero attached hydrogens (tertiary/aromatic N) is 3. The minimum absolute atomic E-state index is 0.0550. The second kappa shape index (κ2) is 8.28. The van der Waals surface area contributed by atoms with Crippen molar-refractivity contribution in [2.75, 3.05) is 18.5 Å². The van der Waals surface area contributed by atoms with Crippen molar-refractivity contribution in [3.8, 4) is 0 Å². The number of fused-ring (bicyclic) bond motifs is 1. The van der Waals surface area contributed by atoms with E-state index in [9.17, 15) is 14.3 Å². The quantitative estimate of drug-likeness (QED) is 0.706. The van der Waals surface area contributed by atoms with Crippen LogP contribution in [0.2, 0.25) is 5.02 Å². The summed E-state index contributed by atoms with van der Waals surface area (Å²) in [5.41, 5.74) is 8.70. The molecule has 1 aliphatic heterocycles. The minimum Gasteiger partial charge on any atom is -0.394 e. The fraction of sp³-hybridized carbons (Fsp3) is 0.421. The number of hydrogen-bond donors (Lipinski definition) is 3. The van der Waals surface area contributed by atoms with E-state index in [4.69, 9.17) is 17.3 Å². The van der Waals surface area contributed by atoms with Crippen molar-refractivity contribution >= 4 is 23.6 Å². The Morgan fingerprint density at radius 2 is 2.18 bits per heavy atom. The summed E-state index contributed by atoms with van der Waals surface area (Å²) < 4.78 is 13.6. The number of carbonyl (C=O) groups is 1. The topological polar surface area (TPSA) is 104 Å². The van der Waals surface area contributed by atoms with E-state index >= 15 is 0 Å². The molecule has 2 aromatic rings. The van der Waals surface area contributed by atoms with Gasteiger partial charge in [0.25, 0.3) is 0 Å². The van der Waals surface area contributed by atoms with E-state index in [1.54, 1.807) is 19.1 Å². The zero-order chi connectivity index (χ0) is 20.4. The second-order valence-electron chi connectivity index (χ2n) is 6.99. The van der Waals surface area contributed by atoms with Crippen LogP contribution in [0.4, 0.5) is 15.1 Å². The molecule has 150 valence electrons. The summed E-state index contributed by atoms with van der Waals surface area (Å²) in [6.45, 7) is 4.47. The average molecular weight is 408 g/mol. The molecule has 2 heterocycles. The Morgan fingerprint density at radius 3 is 2.82 bits per heavy atom. The van der Waals surface area contributed by atoms with Gasteiger partial charge in [-0.2, -0.15) is 0 Å². The number of rotatable bonds is 5. The van der Waals surface area contributed by atoms with Gasteiger partial charge in [-0.05, 0) is 36.6 Å². The van der Waals surface area contributed by atoms with Crippen LogP contribution < -0.4 is 11.1 Å². The Kier molecular flexibility index (Phi) is 6.00. The number of aliphatic hydroxyl groups is 1. The Hall–Kier alpha value is -2.45. The standard InChI is InChI=1S/C19H23ClFN5O2/c1-10(9-27)23-19-24-16-8-26(18(22)28)6-5-13(16)17(25-19)11(2)12-3-4-15(21)14(20)7-12/h3-4,7,10-11,27H,5-6,8-9H2,1-2H3,(H2,22,28)(H,23,24,25)/t10-,11+/m0/s1. The molecule has 7 nitrogen and oxygen atoms in total. The number of aromatic nitrogens is 2. The monoisotopic (exact) mass is 407 g/mol. The molecule has 28 heavy (non-hydrogen) atoms. The smallest absolute Gasteiger partial charge is 0.315 e. The molecular weight excluding hydrogens is 385 g/mol. The highest BCUT2D eigenvalue weighted by Crippen LogP contribution is 2.32. The molecule has 0 unspecified atom stereocenters. The average Bonchev–Trinajstić information content (AvgIpc) is 2.68. The number of primary amides is 1. The number of nitrogens with one attached hydrogen (secondary N) is 1. The number of benzene rings is 1. The van der Waals surface area contributed by atoms with Crippen LogP contribution in [0.1, 0.15) is 42.3 Å². The van der Waals surface area contributed by atoms with Gasteiger partial charge in [-0.3, -0.25) is 0 Å². The third-order valence-electron chi connectivity index (χ3n) is 4.91. The molecule has 3 rings (SSSR count). The molecule has 1 aromatic heterocycles. The maximum Gasteiger partial charge on any atom is 0.315 e. The highest BCUT2D eigenvalue weighted by Gasteiger charge is 2.27. The number of hydrogen-bond acceptors (Lipinski definition) is 5. The van der Waals surface area contributed by atoms with Gasteiger partial charge in [0.15, 0.2) is 0 Å². The van der Waals surface area contributed by atoms with Gasteiger partial charge in [-0.25, -0.2) is 19.2 Å². The first-order valence-corrected chi connectivity index (χ1v) is 9.44. The van der Waals surface area contributed by atoms with E-state index in [1.807, 2.05) is 6.92 Å². The van der Waals surface area contributed by atoms with E-state index in [-0.39, 0.29) is 23.6 Å². The number of anilines is 1. The van der Waals surface area contributed by atoms with Crippen LogP contribution >= 0.6 is 11.6 Å². The molecule has 0 saturated heterocycles. The Morgan fingerprint density at radius 1 is 1.43 bits per heavy atom. The molecule has 0 saturated carbocycles. The number of amides is 2. The Balaban J connectivity index is 2.05. The molecule has 0 bridgehead atoms. The molecule has 0 radical (unpaired) electrons. The fourth-order valence-electron chi connectivity index (χ4n) is 3.28. The SMILES string of the molecule is C[C@H](c1ccc(F)c(Cl)c1)c1nc(N[C@@H](C)CO)nc2c1CCN(C(N)=O)C2. The lowest BCUT2D eigenvalue weighted by atomic mass is 9.91. The minimum atomic E-state index is -0.498.